The molecule has 0 aromatic rings. The van der Waals surface area contributed by atoms with Gasteiger partial charge in [-0.1, -0.05) is 0 Å². The molecule has 142 valence electrons. The van der Waals surface area contributed by atoms with Gasteiger partial charge >= 0.3 is 0 Å². The van der Waals surface area contributed by atoms with Crippen LogP contribution in [0.5, 0.6) is 0 Å². The van der Waals surface area contributed by atoms with Crippen molar-refractivity contribution < 1.29 is 19.4 Å². The van der Waals surface area contributed by atoms with E-state index in [2.05, 4.69) is 5.32 Å². The van der Waals surface area contributed by atoms with Gasteiger partial charge in [-0.3, -0.25) is 14.9 Å². The maximum absolute atomic E-state index is 12.7. The number of nitrogens with one attached hydrogen (secondary N) is 1. The minimum Gasteiger partial charge on any atom is -0.391 e. The number of ether oxygens (including phenoxy) is 1. The number of nitrogens with zero attached hydrogens (tertiary/aromatic N) is 2. The number of aliphatic hydroxyl groups excluding tert-OH is 1. The van der Waals surface area contributed by atoms with E-state index in [-0.39, 0.29) is 22.7 Å². The number of thioether (sulfide) groups is 1. The van der Waals surface area contributed by atoms with E-state index >= 15 is 0 Å². The molecule has 1 unspecified atom stereocenters. The summed E-state index contributed by atoms with van der Waals surface area (Å²) in [5.41, 5.74) is 5.81. The lowest BCUT2D eigenvalue weighted by atomic mass is 10.0. The molecule has 3 aliphatic heterocycles. The number of hydrogen-bond acceptors (Lipinski definition) is 7. The van der Waals surface area contributed by atoms with Crippen LogP contribution in [0.1, 0.15) is 19.8 Å². The minimum absolute atomic E-state index is 0.122. The summed E-state index contributed by atoms with van der Waals surface area (Å²) in [5.74, 6) is 0.608. The molecule has 2 amide bonds. The third kappa shape index (κ3) is 4.11. The molecule has 0 radical (unpaired) electrons. The summed E-state index contributed by atoms with van der Waals surface area (Å²) < 4.78 is 5.31. The van der Waals surface area contributed by atoms with Gasteiger partial charge in [-0.05, 0) is 19.8 Å². The first kappa shape index (κ1) is 18.9. The van der Waals surface area contributed by atoms with E-state index in [1.54, 1.807) is 16.7 Å². The average Bonchev–Trinajstić information content (AvgIpc) is 3.03. The molecule has 3 saturated heterocycles. The second-order valence-corrected chi connectivity index (χ2v) is 8.47. The molecule has 4 N–H and O–H groups in total. The number of piperidine rings is 1. The van der Waals surface area contributed by atoms with Crippen LogP contribution in [0, 0.1) is 0 Å². The Morgan fingerprint density at radius 3 is 2.72 bits per heavy atom. The van der Waals surface area contributed by atoms with Crippen LogP contribution in [0.3, 0.4) is 0 Å². The highest BCUT2D eigenvalue weighted by molar-refractivity contribution is 8.01. The minimum atomic E-state index is -0.896. The Labute approximate surface area is 152 Å². The predicted octanol–water partition coefficient (Wildman–Crippen LogP) is -1.42. The fraction of sp³-hybridized carbons (Fsp3) is 0.875. The van der Waals surface area contributed by atoms with Gasteiger partial charge in [0.25, 0.3) is 0 Å². The molecule has 9 heteroatoms. The largest absolute Gasteiger partial charge is 0.391 e. The zero-order valence-electron chi connectivity index (χ0n) is 14.6. The first-order chi connectivity index (χ1) is 11.9. The average molecular weight is 372 g/mol. The van der Waals surface area contributed by atoms with Gasteiger partial charge in [-0.2, -0.15) is 0 Å². The van der Waals surface area contributed by atoms with Crippen molar-refractivity contribution in [3.63, 3.8) is 0 Å². The second kappa shape index (κ2) is 7.79. The third-order valence-corrected chi connectivity index (χ3v) is 6.66. The number of amides is 2. The van der Waals surface area contributed by atoms with Crippen LogP contribution in [0.2, 0.25) is 0 Å². The number of carbonyl (C=O) groups is 2. The van der Waals surface area contributed by atoms with Crippen LogP contribution >= 0.6 is 11.8 Å². The first-order valence-electron chi connectivity index (χ1n) is 8.92. The number of morpholine rings is 1. The van der Waals surface area contributed by atoms with Crippen molar-refractivity contribution in [1.82, 2.24) is 15.1 Å². The molecule has 4 atom stereocenters. The highest BCUT2D eigenvalue weighted by atomic mass is 32.2. The van der Waals surface area contributed by atoms with E-state index in [0.717, 1.165) is 12.8 Å². The summed E-state index contributed by atoms with van der Waals surface area (Å²) in [6.07, 6.45) is 0.903. The van der Waals surface area contributed by atoms with Gasteiger partial charge in [0.15, 0.2) is 0 Å². The van der Waals surface area contributed by atoms with Crippen molar-refractivity contribution >= 4 is 23.6 Å². The lowest BCUT2D eigenvalue weighted by Crippen LogP contribution is -2.60. The Balaban J connectivity index is 1.61. The van der Waals surface area contributed by atoms with E-state index in [1.807, 2.05) is 4.90 Å². The fourth-order valence-electron chi connectivity index (χ4n) is 3.64. The van der Waals surface area contributed by atoms with Crippen LogP contribution in [-0.4, -0.2) is 94.9 Å². The number of carbonyl (C=O) groups excluding carboxylic acids is 2. The first-order valence-corrected chi connectivity index (χ1v) is 9.91. The van der Waals surface area contributed by atoms with Crippen LogP contribution in [0.15, 0.2) is 0 Å². The Morgan fingerprint density at radius 1 is 1.32 bits per heavy atom. The second-order valence-electron chi connectivity index (χ2n) is 7.07. The lowest BCUT2D eigenvalue weighted by Gasteiger charge is -2.41. The van der Waals surface area contributed by atoms with E-state index in [9.17, 15) is 14.7 Å². The monoisotopic (exact) mass is 372 g/mol. The molecule has 3 fully saturated rings. The van der Waals surface area contributed by atoms with Gasteiger partial charge in [-0.25, -0.2) is 0 Å². The Bertz CT molecular complexity index is 514. The molecule has 8 nitrogen and oxygen atoms in total. The quantitative estimate of drug-likeness (QED) is 0.558. The van der Waals surface area contributed by atoms with Gasteiger partial charge in [0.1, 0.15) is 6.04 Å². The standard InChI is InChI=1S/C16H28N4O4S/c1-11(21)13(17)15(23)20-4-2-3-16(10-20)18-12(9-25-16)14(22)19-5-7-24-8-6-19/h11-13,18,21H,2-10,17H2,1H3/t11-,12+,13+,16?/m1/s1. The number of likely N-dealkylation sites (tertiary alicyclic amines) is 1. The van der Waals surface area contributed by atoms with Crippen molar-refractivity contribution in [3.05, 3.63) is 0 Å². The highest BCUT2D eigenvalue weighted by Gasteiger charge is 2.46. The molecular weight excluding hydrogens is 344 g/mol. The number of nitrogens with two attached hydrogens (primary N) is 1. The van der Waals surface area contributed by atoms with Gasteiger partial charge in [-0.15, -0.1) is 11.8 Å². The zero-order valence-corrected chi connectivity index (χ0v) is 15.5. The molecule has 1 spiro atoms. The number of rotatable bonds is 3. The molecule has 3 heterocycles. The summed E-state index contributed by atoms with van der Waals surface area (Å²) >= 11 is 1.72. The van der Waals surface area contributed by atoms with Crippen molar-refractivity contribution in [3.8, 4) is 0 Å². The van der Waals surface area contributed by atoms with Crippen molar-refractivity contribution in [1.29, 1.82) is 0 Å². The van der Waals surface area contributed by atoms with Gasteiger partial charge in [0.05, 0.1) is 30.2 Å². The Kier molecular flexibility index (Phi) is 5.89. The molecule has 0 bridgehead atoms. The Hall–Kier alpha value is -0.870. The van der Waals surface area contributed by atoms with E-state index < -0.39 is 12.1 Å². The van der Waals surface area contributed by atoms with Crippen LogP contribution in [0.25, 0.3) is 0 Å². The SMILES string of the molecule is C[C@@H](O)[C@H](N)C(=O)N1CCCC2(C1)N[C@H](C(=O)N1CCOCC1)CS2. The topological polar surface area (TPSA) is 108 Å². The predicted molar refractivity (Wildman–Crippen MR) is 95.0 cm³/mol. The van der Waals surface area contributed by atoms with Crippen LogP contribution in [0.4, 0.5) is 0 Å². The van der Waals surface area contributed by atoms with E-state index in [4.69, 9.17) is 10.5 Å². The molecule has 25 heavy (non-hydrogen) atoms. The number of hydrogen-bond donors (Lipinski definition) is 3. The third-order valence-electron chi connectivity index (χ3n) is 5.16. The molecule has 0 aromatic carbocycles. The van der Waals surface area contributed by atoms with Gasteiger partial charge in [0, 0.05) is 31.9 Å². The molecular formula is C16H28N4O4S. The van der Waals surface area contributed by atoms with Gasteiger partial charge in [0.2, 0.25) is 11.8 Å². The van der Waals surface area contributed by atoms with Gasteiger partial charge < -0.3 is 25.4 Å². The summed E-state index contributed by atoms with van der Waals surface area (Å²) in [7, 11) is 0. The highest BCUT2D eigenvalue weighted by Crippen LogP contribution is 2.38. The lowest BCUT2D eigenvalue weighted by molar-refractivity contribution is -0.137. The molecule has 3 rings (SSSR count). The normalized spacial score (nSPS) is 32.7. The molecule has 0 aromatic heterocycles. The van der Waals surface area contributed by atoms with E-state index in [0.29, 0.717) is 45.1 Å². The maximum atomic E-state index is 12.7. The van der Waals surface area contributed by atoms with Crippen LogP contribution < -0.4 is 11.1 Å². The van der Waals surface area contributed by atoms with Crippen molar-refractivity contribution in [2.24, 2.45) is 5.73 Å². The fourth-order valence-corrected chi connectivity index (χ4v) is 5.12. The van der Waals surface area contributed by atoms with Crippen molar-refractivity contribution in [2.45, 2.75) is 42.8 Å². The summed E-state index contributed by atoms with van der Waals surface area (Å²) in [5, 5.41) is 13.1. The molecule has 0 saturated carbocycles. The summed E-state index contributed by atoms with van der Waals surface area (Å²) in [6, 6.07) is -1.11. The smallest absolute Gasteiger partial charge is 0.242 e. The Morgan fingerprint density at radius 2 is 2.04 bits per heavy atom. The van der Waals surface area contributed by atoms with E-state index in [1.165, 1.54) is 6.92 Å². The zero-order chi connectivity index (χ0) is 18.0. The molecule has 0 aliphatic carbocycles. The maximum Gasteiger partial charge on any atom is 0.242 e. The molecule has 3 aliphatic rings. The number of aliphatic hydroxyl groups is 1. The summed E-state index contributed by atoms with van der Waals surface area (Å²) in [4.78, 5) is 28.4. The van der Waals surface area contributed by atoms with Crippen molar-refractivity contribution in [2.75, 3.05) is 45.1 Å². The van der Waals surface area contributed by atoms with Crippen LogP contribution in [-0.2, 0) is 14.3 Å². The summed E-state index contributed by atoms with van der Waals surface area (Å²) in [6.45, 7) is 5.16.